The van der Waals surface area contributed by atoms with Crippen LogP contribution in [0, 0.1) is 0 Å². The molecule has 0 aliphatic carbocycles. The number of esters is 2. The summed E-state index contributed by atoms with van der Waals surface area (Å²) < 4.78 is 18.6. The first-order valence-corrected chi connectivity index (χ1v) is 14.7. The highest BCUT2D eigenvalue weighted by molar-refractivity contribution is 7.07. The standard InChI is InChI=1S/C33H32N2O6S/c1-6-39-31(37)25-11-9-8-10-24(25)26-17-16-23(41-26)18-27-30(36)35-29(22-14-12-21(13-15-22)19(3)4)28(32(38)40-7-2)20(5)34-33(35)42-27/h8-19,29H,6-7H2,1-5H3. The van der Waals surface area contributed by atoms with Gasteiger partial charge in [-0.3, -0.25) is 9.36 Å². The Hall–Kier alpha value is -4.50. The van der Waals surface area contributed by atoms with Crippen LogP contribution in [0.4, 0.5) is 0 Å². The highest BCUT2D eigenvalue weighted by atomic mass is 32.1. The zero-order chi connectivity index (χ0) is 30.0. The molecule has 42 heavy (non-hydrogen) atoms. The second-order valence-electron chi connectivity index (χ2n) is 10.1. The van der Waals surface area contributed by atoms with Gasteiger partial charge < -0.3 is 13.9 Å². The first-order chi connectivity index (χ1) is 20.2. The van der Waals surface area contributed by atoms with Crippen LogP contribution in [-0.4, -0.2) is 29.7 Å². The van der Waals surface area contributed by atoms with Crippen molar-refractivity contribution in [2.45, 2.75) is 46.6 Å². The zero-order valence-corrected chi connectivity index (χ0v) is 25.0. The van der Waals surface area contributed by atoms with Gasteiger partial charge in [-0.15, -0.1) is 0 Å². The summed E-state index contributed by atoms with van der Waals surface area (Å²) in [6.07, 6.45) is 1.66. The number of aromatic nitrogens is 1. The van der Waals surface area contributed by atoms with E-state index in [2.05, 4.69) is 18.8 Å². The third-order valence-corrected chi connectivity index (χ3v) is 8.01. The van der Waals surface area contributed by atoms with Crippen LogP contribution in [0.5, 0.6) is 0 Å². The van der Waals surface area contributed by atoms with Crippen LogP contribution in [-0.2, 0) is 14.3 Å². The van der Waals surface area contributed by atoms with Crippen molar-refractivity contribution in [3.63, 3.8) is 0 Å². The fraction of sp³-hybridized carbons (Fsp3) is 0.273. The lowest BCUT2D eigenvalue weighted by molar-refractivity contribution is -0.139. The summed E-state index contributed by atoms with van der Waals surface area (Å²) in [5.41, 5.74) is 3.49. The van der Waals surface area contributed by atoms with Crippen molar-refractivity contribution in [3.05, 3.63) is 114 Å². The van der Waals surface area contributed by atoms with E-state index < -0.39 is 18.0 Å². The Bertz CT molecular complexity index is 1860. The summed E-state index contributed by atoms with van der Waals surface area (Å²) in [5, 5.41) is 0. The van der Waals surface area contributed by atoms with E-state index in [-0.39, 0.29) is 18.8 Å². The highest BCUT2D eigenvalue weighted by Gasteiger charge is 2.33. The SMILES string of the molecule is CCOC(=O)C1=C(C)N=c2sc(=Cc3ccc(-c4ccccc4C(=O)OCC)o3)c(=O)n2C1c1ccc(C(C)C)cc1. The van der Waals surface area contributed by atoms with Crippen molar-refractivity contribution in [1.82, 2.24) is 4.57 Å². The van der Waals surface area contributed by atoms with Crippen molar-refractivity contribution >= 4 is 29.4 Å². The predicted molar refractivity (Wildman–Crippen MR) is 161 cm³/mol. The molecule has 2 aromatic heterocycles. The van der Waals surface area contributed by atoms with E-state index in [1.807, 2.05) is 30.3 Å². The maximum atomic E-state index is 13.9. The first-order valence-electron chi connectivity index (χ1n) is 13.9. The number of fused-ring (bicyclic) bond motifs is 1. The molecule has 2 aromatic carbocycles. The fourth-order valence-corrected chi connectivity index (χ4v) is 5.99. The number of hydrogen-bond donors (Lipinski definition) is 0. The lowest BCUT2D eigenvalue weighted by Gasteiger charge is -2.25. The average Bonchev–Trinajstić information content (AvgIpc) is 3.56. The second-order valence-corrected chi connectivity index (χ2v) is 11.1. The molecule has 0 radical (unpaired) electrons. The van der Waals surface area contributed by atoms with Gasteiger partial charge in [0.25, 0.3) is 5.56 Å². The Balaban J connectivity index is 1.60. The fourth-order valence-electron chi connectivity index (χ4n) is 4.96. The Kier molecular flexibility index (Phi) is 8.40. The van der Waals surface area contributed by atoms with Gasteiger partial charge in [-0.05, 0) is 56.0 Å². The van der Waals surface area contributed by atoms with Crippen LogP contribution in [0.2, 0.25) is 0 Å². The van der Waals surface area contributed by atoms with Gasteiger partial charge >= 0.3 is 11.9 Å². The van der Waals surface area contributed by atoms with Crippen LogP contribution >= 0.6 is 11.3 Å². The average molecular weight is 585 g/mol. The summed E-state index contributed by atoms with van der Waals surface area (Å²) >= 11 is 1.22. The van der Waals surface area contributed by atoms with Gasteiger partial charge in [0.2, 0.25) is 0 Å². The van der Waals surface area contributed by atoms with Gasteiger partial charge in [0.05, 0.1) is 40.6 Å². The molecule has 8 nitrogen and oxygen atoms in total. The smallest absolute Gasteiger partial charge is 0.338 e. The molecule has 0 fully saturated rings. The lowest BCUT2D eigenvalue weighted by Crippen LogP contribution is -2.39. The molecule has 216 valence electrons. The number of allylic oxidation sites excluding steroid dienone is 1. The molecule has 1 unspecified atom stereocenters. The molecule has 1 atom stereocenters. The maximum Gasteiger partial charge on any atom is 0.338 e. The Morgan fingerprint density at radius 2 is 1.69 bits per heavy atom. The number of benzene rings is 2. The maximum absolute atomic E-state index is 13.9. The molecular formula is C33H32N2O6S. The van der Waals surface area contributed by atoms with E-state index >= 15 is 0 Å². The van der Waals surface area contributed by atoms with Crippen LogP contribution in [0.25, 0.3) is 17.4 Å². The number of nitrogens with zero attached hydrogens (tertiary/aromatic N) is 2. The Labute approximate surface area is 247 Å². The lowest BCUT2D eigenvalue weighted by atomic mass is 9.93. The molecule has 1 aliphatic heterocycles. The van der Waals surface area contributed by atoms with Gasteiger partial charge in [-0.1, -0.05) is 67.6 Å². The third-order valence-electron chi connectivity index (χ3n) is 7.02. The number of rotatable bonds is 8. The highest BCUT2D eigenvalue weighted by Crippen LogP contribution is 2.32. The van der Waals surface area contributed by atoms with Crippen LogP contribution in [0.3, 0.4) is 0 Å². The number of hydrogen-bond acceptors (Lipinski definition) is 8. The minimum absolute atomic E-state index is 0.208. The van der Waals surface area contributed by atoms with E-state index in [9.17, 15) is 14.4 Å². The monoisotopic (exact) mass is 584 g/mol. The molecule has 0 bridgehead atoms. The van der Waals surface area contributed by atoms with Gasteiger partial charge in [0.15, 0.2) is 4.80 Å². The molecule has 9 heteroatoms. The summed E-state index contributed by atoms with van der Waals surface area (Å²) in [4.78, 5) is 44.6. The molecule has 0 saturated heterocycles. The van der Waals surface area contributed by atoms with Crippen LogP contribution in [0.15, 0.2) is 86.1 Å². The van der Waals surface area contributed by atoms with Crippen molar-refractivity contribution in [3.8, 4) is 11.3 Å². The van der Waals surface area contributed by atoms with Gasteiger partial charge in [0, 0.05) is 11.6 Å². The number of carbonyl (C=O) groups excluding carboxylic acids is 2. The number of thiazole rings is 1. The van der Waals surface area contributed by atoms with E-state index in [4.69, 9.17) is 13.9 Å². The second kappa shape index (κ2) is 12.2. The Morgan fingerprint density at radius 1 is 1.00 bits per heavy atom. The molecule has 4 aromatic rings. The van der Waals surface area contributed by atoms with E-state index in [1.54, 1.807) is 61.7 Å². The molecule has 1 aliphatic rings. The topological polar surface area (TPSA) is 100 Å². The zero-order valence-electron chi connectivity index (χ0n) is 24.2. The van der Waals surface area contributed by atoms with Gasteiger partial charge in [-0.25, -0.2) is 14.6 Å². The minimum Gasteiger partial charge on any atom is -0.463 e. The molecule has 0 amide bonds. The molecule has 3 heterocycles. The van der Waals surface area contributed by atoms with Crippen molar-refractivity contribution in [1.29, 1.82) is 0 Å². The van der Waals surface area contributed by atoms with Crippen molar-refractivity contribution < 1.29 is 23.5 Å². The predicted octanol–water partition coefficient (Wildman–Crippen LogP) is 5.36. The molecule has 0 saturated carbocycles. The van der Waals surface area contributed by atoms with E-state index in [1.165, 1.54) is 11.3 Å². The molecule has 0 N–H and O–H groups in total. The van der Waals surface area contributed by atoms with E-state index in [0.29, 0.717) is 49.2 Å². The van der Waals surface area contributed by atoms with Gasteiger partial charge in [0.1, 0.15) is 11.5 Å². The summed E-state index contributed by atoms with van der Waals surface area (Å²) in [5.74, 6) is 0.315. The summed E-state index contributed by atoms with van der Waals surface area (Å²) in [6.45, 7) is 9.96. The van der Waals surface area contributed by atoms with Crippen molar-refractivity contribution in [2.24, 2.45) is 4.99 Å². The molecule has 5 rings (SSSR count). The number of ether oxygens (including phenoxy) is 2. The first kappa shape index (κ1) is 29.0. The largest absolute Gasteiger partial charge is 0.463 e. The van der Waals surface area contributed by atoms with Crippen LogP contribution in [0.1, 0.15) is 73.8 Å². The Morgan fingerprint density at radius 3 is 2.38 bits per heavy atom. The number of furan rings is 1. The third kappa shape index (κ3) is 5.52. The normalized spacial score (nSPS) is 15.0. The molecule has 0 spiro atoms. The molecular weight excluding hydrogens is 552 g/mol. The summed E-state index contributed by atoms with van der Waals surface area (Å²) in [7, 11) is 0. The van der Waals surface area contributed by atoms with Crippen LogP contribution < -0.4 is 14.9 Å². The quantitative estimate of drug-likeness (QED) is 0.259. The minimum atomic E-state index is -0.688. The van der Waals surface area contributed by atoms with E-state index in [0.717, 1.165) is 11.1 Å². The van der Waals surface area contributed by atoms with Crippen molar-refractivity contribution in [2.75, 3.05) is 13.2 Å². The van der Waals surface area contributed by atoms with Gasteiger partial charge in [-0.2, -0.15) is 0 Å². The summed E-state index contributed by atoms with van der Waals surface area (Å²) in [6, 6.07) is 17.8. The number of carbonyl (C=O) groups is 2.